The first kappa shape index (κ1) is 27.5. The van der Waals surface area contributed by atoms with Crippen LogP contribution in [0.3, 0.4) is 0 Å². The standard InChI is InChI=1S/C35H34N2O5/c1-22(2)36-20-29(30-26-15-9-7-13-24(26)17-18-25-14-8-10-16-27(25)30)37-19-28(35(40)41-3)32(38)33(31(37)34(36)39)42-21-23-11-5-4-6-12-23/h4-16,19,22,29-30H,17-18,20-21H2,1-3H3/t29-/m1/s1. The van der Waals surface area contributed by atoms with Crippen LogP contribution in [0, 0.1) is 0 Å². The Morgan fingerprint density at radius 1 is 0.881 bits per heavy atom. The van der Waals surface area contributed by atoms with Gasteiger partial charge in [0.25, 0.3) is 5.91 Å². The van der Waals surface area contributed by atoms with Crippen LogP contribution in [0.25, 0.3) is 0 Å². The van der Waals surface area contributed by atoms with Gasteiger partial charge in [0.1, 0.15) is 12.2 Å². The van der Waals surface area contributed by atoms with E-state index < -0.39 is 11.4 Å². The van der Waals surface area contributed by atoms with E-state index in [4.69, 9.17) is 9.47 Å². The Hall–Kier alpha value is -4.65. The summed E-state index contributed by atoms with van der Waals surface area (Å²) in [4.78, 5) is 42.7. The Morgan fingerprint density at radius 2 is 1.48 bits per heavy atom. The molecule has 0 unspecified atom stereocenters. The Labute approximate surface area is 245 Å². The fourth-order valence-corrected chi connectivity index (χ4v) is 6.40. The van der Waals surface area contributed by atoms with Gasteiger partial charge in [0.2, 0.25) is 5.43 Å². The topological polar surface area (TPSA) is 77.8 Å². The first-order valence-electron chi connectivity index (χ1n) is 14.4. The molecule has 6 rings (SSSR count). The van der Waals surface area contributed by atoms with Gasteiger partial charge in [0, 0.05) is 24.7 Å². The summed E-state index contributed by atoms with van der Waals surface area (Å²) < 4.78 is 13.0. The molecule has 3 aromatic carbocycles. The second-order valence-electron chi connectivity index (χ2n) is 11.2. The summed E-state index contributed by atoms with van der Waals surface area (Å²) in [6, 6.07) is 25.9. The lowest BCUT2D eigenvalue weighted by molar-refractivity contribution is 0.0560. The summed E-state index contributed by atoms with van der Waals surface area (Å²) in [5.41, 5.74) is 5.06. The van der Waals surface area contributed by atoms with Gasteiger partial charge in [0.15, 0.2) is 11.4 Å². The normalized spacial score (nSPS) is 16.3. The lowest BCUT2D eigenvalue weighted by Gasteiger charge is -2.42. The predicted octanol–water partition coefficient (Wildman–Crippen LogP) is 5.55. The number of carbonyl (C=O) groups is 2. The summed E-state index contributed by atoms with van der Waals surface area (Å²) in [7, 11) is 1.25. The molecule has 1 aromatic heterocycles. The number of ether oxygens (including phenoxy) is 2. The summed E-state index contributed by atoms with van der Waals surface area (Å²) in [6.07, 6.45) is 3.31. The molecular weight excluding hydrogens is 528 g/mol. The number of carbonyl (C=O) groups excluding carboxylic acids is 2. The van der Waals surface area contributed by atoms with Crippen molar-refractivity contribution in [2.24, 2.45) is 0 Å². The molecule has 2 aliphatic rings. The zero-order valence-electron chi connectivity index (χ0n) is 24.1. The van der Waals surface area contributed by atoms with Crippen LogP contribution >= 0.6 is 0 Å². The number of aryl methyl sites for hydroxylation is 2. The zero-order chi connectivity index (χ0) is 29.4. The van der Waals surface area contributed by atoms with Crippen molar-refractivity contribution in [2.45, 2.75) is 51.3 Å². The van der Waals surface area contributed by atoms with Crippen LogP contribution in [0.5, 0.6) is 5.75 Å². The third-order valence-electron chi connectivity index (χ3n) is 8.48. The van der Waals surface area contributed by atoms with Crippen LogP contribution in [0.4, 0.5) is 0 Å². The average Bonchev–Trinajstić information content (AvgIpc) is 3.17. The maximum absolute atomic E-state index is 14.2. The molecule has 214 valence electrons. The van der Waals surface area contributed by atoms with E-state index >= 15 is 0 Å². The van der Waals surface area contributed by atoms with Gasteiger partial charge in [0.05, 0.1) is 13.2 Å². The zero-order valence-corrected chi connectivity index (χ0v) is 24.1. The highest BCUT2D eigenvalue weighted by Crippen LogP contribution is 2.44. The number of rotatable bonds is 6. The minimum absolute atomic E-state index is 0.0719. The van der Waals surface area contributed by atoms with Crippen molar-refractivity contribution in [3.8, 4) is 5.75 Å². The summed E-state index contributed by atoms with van der Waals surface area (Å²) >= 11 is 0. The van der Waals surface area contributed by atoms with Crippen molar-refractivity contribution in [3.63, 3.8) is 0 Å². The van der Waals surface area contributed by atoms with Crippen molar-refractivity contribution >= 4 is 11.9 Å². The van der Waals surface area contributed by atoms with Gasteiger partial charge in [-0.3, -0.25) is 9.59 Å². The Morgan fingerprint density at radius 3 is 2.07 bits per heavy atom. The number of hydrogen-bond acceptors (Lipinski definition) is 5. The van der Waals surface area contributed by atoms with E-state index in [1.165, 1.54) is 35.6 Å². The van der Waals surface area contributed by atoms with E-state index in [2.05, 4.69) is 48.5 Å². The van der Waals surface area contributed by atoms with E-state index in [-0.39, 0.29) is 47.5 Å². The lowest BCUT2D eigenvalue weighted by atomic mass is 9.81. The number of nitrogens with zero attached hydrogens (tertiary/aromatic N) is 2. The molecule has 1 aliphatic heterocycles. The maximum Gasteiger partial charge on any atom is 0.343 e. The third kappa shape index (κ3) is 4.79. The van der Waals surface area contributed by atoms with Crippen LogP contribution in [-0.4, -0.2) is 41.0 Å². The summed E-state index contributed by atoms with van der Waals surface area (Å²) in [5, 5.41) is 0. The highest BCUT2D eigenvalue weighted by molar-refractivity contribution is 5.98. The second-order valence-corrected chi connectivity index (χ2v) is 11.2. The number of aromatic nitrogens is 1. The summed E-state index contributed by atoms with van der Waals surface area (Å²) in [5.74, 6) is -1.33. The lowest BCUT2D eigenvalue weighted by Crippen LogP contribution is -2.49. The molecule has 0 saturated carbocycles. The number of hydrogen-bond donors (Lipinski definition) is 0. The number of methoxy groups -OCH3 is 1. The Bertz CT molecular complexity index is 1660. The molecule has 1 aliphatic carbocycles. The molecule has 2 heterocycles. The smallest absolute Gasteiger partial charge is 0.343 e. The molecule has 0 bridgehead atoms. The highest BCUT2D eigenvalue weighted by Gasteiger charge is 2.42. The van der Waals surface area contributed by atoms with Crippen molar-refractivity contribution in [3.05, 3.63) is 134 Å². The van der Waals surface area contributed by atoms with Gasteiger partial charge in [-0.05, 0) is 54.5 Å². The molecular formula is C35H34N2O5. The van der Waals surface area contributed by atoms with Gasteiger partial charge < -0.3 is 18.9 Å². The molecule has 4 aromatic rings. The fourth-order valence-electron chi connectivity index (χ4n) is 6.40. The van der Waals surface area contributed by atoms with E-state index in [1.54, 1.807) is 0 Å². The van der Waals surface area contributed by atoms with Crippen molar-refractivity contribution in [1.82, 2.24) is 9.47 Å². The van der Waals surface area contributed by atoms with Crippen molar-refractivity contribution < 1.29 is 19.1 Å². The van der Waals surface area contributed by atoms with Gasteiger partial charge in [-0.2, -0.15) is 0 Å². The summed E-state index contributed by atoms with van der Waals surface area (Å²) in [6.45, 7) is 4.43. The van der Waals surface area contributed by atoms with Crippen molar-refractivity contribution in [2.75, 3.05) is 13.7 Å². The number of fused-ring (bicyclic) bond motifs is 3. The quantitative estimate of drug-likeness (QED) is 0.288. The van der Waals surface area contributed by atoms with Gasteiger partial charge in [-0.15, -0.1) is 0 Å². The van der Waals surface area contributed by atoms with E-state index in [9.17, 15) is 14.4 Å². The molecule has 0 fully saturated rings. The molecule has 7 heteroatoms. The second kappa shape index (κ2) is 11.3. The van der Waals surface area contributed by atoms with Crippen LogP contribution in [0.2, 0.25) is 0 Å². The van der Waals surface area contributed by atoms with E-state index in [1.807, 2.05) is 53.6 Å². The number of esters is 1. The Balaban J connectivity index is 1.61. The number of amides is 1. The molecule has 0 saturated heterocycles. The maximum atomic E-state index is 14.2. The fraction of sp³-hybridized carbons (Fsp3) is 0.286. The van der Waals surface area contributed by atoms with Gasteiger partial charge in [-0.25, -0.2) is 4.79 Å². The van der Waals surface area contributed by atoms with Crippen molar-refractivity contribution in [1.29, 1.82) is 0 Å². The molecule has 0 radical (unpaired) electrons. The minimum atomic E-state index is -0.765. The predicted molar refractivity (Wildman–Crippen MR) is 160 cm³/mol. The molecule has 0 spiro atoms. The number of pyridine rings is 1. The minimum Gasteiger partial charge on any atom is -0.483 e. The van der Waals surface area contributed by atoms with Crippen LogP contribution in [0.1, 0.15) is 74.5 Å². The molecule has 1 atom stereocenters. The third-order valence-corrected chi connectivity index (χ3v) is 8.48. The monoisotopic (exact) mass is 562 g/mol. The van der Waals surface area contributed by atoms with E-state index in [0.29, 0.717) is 6.54 Å². The van der Waals surface area contributed by atoms with Crippen LogP contribution < -0.4 is 10.2 Å². The molecule has 0 N–H and O–H groups in total. The van der Waals surface area contributed by atoms with Gasteiger partial charge >= 0.3 is 5.97 Å². The first-order valence-corrected chi connectivity index (χ1v) is 14.4. The molecule has 1 amide bonds. The highest BCUT2D eigenvalue weighted by atomic mass is 16.5. The first-order chi connectivity index (χ1) is 20.4. The average molecular weight is 563 g/mol. The van der Waals surface area contributed by atoms with Crippen LogP contribution in [-0.2, 0) is 24.2 Å². The van der Waals surface area contributed by atoms with Gasteiger partial charge in [-0.1, -0.05) is 78.9 Å². The largest absolute Gasteiger partial charge is 0.483 e. The molecule has 7 nitrogen and oxygen atoms in total. The molecule has 42 heavy (non-hydrogen) atoms. The SMILES string of the molecule is COC(=O)c1cn2c(c(OCc3ccccc3)c1=O)C(=O)N(C(C)C)C[C@@H]2C1c2ccccc2CCc2ccccc21. The van der Waals surface area contributed by atoms with Crippen LogP contribution in [0.15, 0.2) is 89.9 Å². The van der Waals surface area contributed by atoms with E-state index in [0.717, 1.165) is 18.4 Å². The number of benzene rings is 3. The Kier molecular flexibility index (Phi) is 7.42.